The summed E-state index contributed by atoms with van der Waals surface area (Å²) in [5, 5.41) is 9.89. The van der Waals surface area contributed by atoms with E-state index in [-0.39, 0.29) is 42.4 Å². The number of aliphatic hydroxyl groups is 1. The van der Waals surface area contributed by atoms with Crippen molar-refractivity contribution in [2.24, 2.45) is 29.6 Å². The molecule has 162 valence electrons. The van der Waals surface area contributed by atoms with E-state index in [9.17, 15) is 14.7 Å². The molecule has 1 aliphatic heterocycles. The lowest BCUT2D eigenvalue weighted by molar-refractivity contribution is -0.162. The number of ether oxygens (including phenoxy) is 2. The molecule has 0 amide bonds. The number of cyclic esters (lactones) is 1. The third-order valence-corrected chi connectivity index (χ3v) is 6.93. The molecule has 5 heteroatoms. The molecular formula is C24H36O5. The van der Waals surface area contributed by atoms with E-state index in [0.29, 0.717) is 24.2 Å². The van der Waals surface area contributed by atoms with Crippen LogP contribution in [0.5, 0.6) is 0 Å². The fraction of sp³-hybridized carbons (Fsp3) is 0.750. The van der Waals surface area contributed by atoms with Crippen LogP contribution in [0.1, 0.15) is 66.2 Å². The van der Waals surface area contributed by atoms with Crippen molar-refractivity contribution < 1.29 is 24.2 Å². The van der Waals surface area contributed by atoms with Crippen LogP contribution in [0.15, 0.2) is 23.8 Å². The highest BCUT2D eigenvalue weighted by molar-refractivity contribution is 5.72. The van der Waals surface area contributed by atoms with Crippen LogP contribution in [0, 0.1) is 29.6 Å². The van der Waals surface area contributed by atoms with Crippen LogP contribution in [0.2, 0.25) is 0 Å². The Balaban J connectivity index is 1.74. The number of aliphatic hydroxyl groups excluding tert-OH is 1. The number of allylic oxidation sites excluding steroid dienone is 3. The van der Waals surface area contributed by atoms with Gasteiger partial charge in [-0.15, -0.1) is 0 Å². The maximum absolute atomic E-state index is 12.5. The van der Waals surface area contributed by atoms with Gasteiger partial charge >= 0.3 is 11.9 Å². The van der Waals surface area contributed by atoms with Gasteiger partial charge in [-0.3, -0.25) is 9.59 Å². The van der Waals surface area contributed by atoms with Crippen molar-refractivity contribution in [3.8, 4) is 0 Å². The Labute approximate surface area is 174 Å². The van der Waals surface area contributed by atoms with Gasteiger partial charge < -0.3 is 14.6 Å². The fourth-order valence-electron chi connectivity index (χ4n) is 5.07. The second-order valence-corrected chi connectivity index (χ2v) is 9.36. The normalized spacial score (nSPS) is 37.9. The van der Waals surface area contributed by atoms with Crippen LogP contribution < -0.4 is 0 Å². The van der Waals surface area contributed by atoms with Gasteiger partial charge in [0, 0.05) is 12.3 Å². The Bertz CT molecular complexity index is 666. The van der Waals surface area contributed by atoms with Gasteiger partial charge in [0.2, 0.25) is 0 Å². The lowest BCUT2D eigenvalue weighted by Gasteiger charge is -2.43. The molecule has 2 aliphatic carbocycles. The predicted octanol–water partition coefficient (Wildman–Crippen LogP) is 4.20. The molecule has 0 aromatic heterocycles. The molecule has 1 saturated heterocycles. The number of esters is 2. The molecule has 2 unspecified atom stereocenters. The standard InChI is InChI=1S/C24H36O5/c1-5-15(3)24(27)29-21-11-14(2)10-17-7-6-16(4)20(23(17)21)9-8-19-12-18(25)13-22(26)28-19/h6-7,10,14-16,18-21,23,25H,5,8-9,11-13H2,1-4H3/t14?,15-,16-,18+,19+,20?,21-,23-/m0/s1. The third-order valence-electron chi connectivity index (χ3n) is 6.93. The molecule has 0 saturated carbocycles. The maximum atomic E-state index is 12.5. The quantitative estimate of drug-likeness (QED) is 0.672. The molecule has 3 aliphatic rings. The second kappa shape index (κ2) is 9.46. The Kier molecular flexibility index (Phi) is 7.20. The summed E-state index contributed by atoms with van der Waals surface area (Å²) in [7, 11) is 0. The first-order valence-corrected chi connectivity index (χ1v) is 11.3. The van der Waals surface area contributed by atoms with Crippen molar-refractivity contribution in [2.45, 2.75) is 84.5 Å². The summed E-state index contributed by atoms with van der Waals surface area (Å²) in [6.07, 6.45) is 9.70. The number of carbonyl (C=O) groups is 2. The van der Waals surface area contributed by atoms with E-state index in [4.69, 9.17) is 9.47 Å². The summed E-state index contributed by atoms with van der Waals surface area (Å²) in [5.74, 6) is 0.755. The molecule has 0 spiro atoms. The molecule has 5 nitrogen and oxygen atoms in total. The molecular weight excluding hydrogens is 368 g/mol. The zero-order valence-electron chi connectivity index (χ0n) is 18.2. The number of carbonyl (C=O) groups excluding carboxylic acids is 2. The Hall–Kier alpha value is -1.62. The summed E-state index contributed by atoms with van der Waals surface area (Å²) < 4.78 is 11.5. The summed E-state index contributed by atoms with van der Waals surface area (Å²) in [6, 6.07) is 0. The van der Waals surface area contributed by atoms with E-state index in [1.54, 1.807) is 0 Å². The van der Waals surface area contributed by atoms with E-state index < -0.39 is 6.10 Å². The average Bonchev–Trinajstić information content (AvgIpc) is 2.65. The smallest absolute Gasteiger partial charge is 0.308 e. The summed E-state index contributed by atoms with van der Waals surface area (Å²) >= 11 is 0. The van der Waals surface area contributed by atoms with Gasteiger partial charge in [0.25, 0.3) is 0 Å². The fourth-order valence-corrected chi connectivity index (χ4v) is 5.07. The maximum Gasteiger partial charge on any atom is 0.308 e. The van der Waals surface area contributed by atoms with E-state index in [1.165, 1.54) is 5.57 Å². The zero-order chi connectivity index (χ0) is 21.1. The minimum atomic E-state index is -0.597. The molecule has 0 aromatic rings. The topological polar surface area (TPSA) is 72.8 Å². The van der Waals surface area contributed by atoms with Gasteiger partial charge in [-0.25, -0.2) is 0 Å². The first-order valence-electron chi connectivity index (χ1n) is 11.3. The average molecular weight is 405 g/mol. The monoisotopic (exact) mass is 404 g/mol. The van der Waals surface area contributed by atoms with Crippen molar-refractivity contribution >= 4 is 11.9 Å². The Morgan fingerprint density at radius 3 is 2.76 bits per heavy atom. The van der Waals surface area contributed by atoms with Gasteiger partial charge in [0.05, 0.1) is 18.4 Å². The van der Waals surface area contributed by atoms with Crippen LogP contribution in [-0.2, 0) is 19.1 Å². The lowest BCUT2D eigenvalue weighted by Crippen LogP contribution is -2.42. The van der Waals surface area contributed by atoms with Crippen molar-refractivity contribution in [1.29, 1.82) is 0 Å². The van der Waals surface area contributed by atoms with Gasteiger partial charge in [-0.05, 0) is 49.0 Å². The summed E-state index contributed by atoms with van der Waals surface area (Å²) in [5.41, 5.74) is 1.27. The lowest BCUT2D eigenvalue weighted by atomic mass is 9.65. The highest BCUT2D eigenvalue weighted by Crippen LogP contribution is 2.45. The third kappa shape index (κ3) is 5.30. The molecule has 3 rings (SSSR count). The van der Waals surface area contributed by atoms with Gasteiger partial charge in [0.1, 0.15) is 12.2 Å². The van der Waals surface area contributed by atoms with Gasteiger partial charge in [-0.1, -0.05) is 45.9 Å². The molecule has 8 atom stereocenters. The van der Waals surface area contributed by atoms with E-state index in [1.807, 2.05) is 13.8 Å². The van der Waals surface area contributed by atoms with Crippen LogP contribution in [-0.4, -0.2) is 35.4 Å². The summed E-state index contributed by atoms with van der Waals surface area (Å²) in [4.78, 5) is 24.2. The predicted molar refractivity (Wildman–Crippen MR) is 111 cm³/mol. The molecule has 1 fully saturated rings. The highest BCUT2D eigenvalue weighted by Gasteiger charge is 2.42. The first kappa shape index (κ1) is 22.1. The largest absolute Gasteiger partial charge is 0.462 e. The molecule has 0 aromatic carbocycles. The Morgan fingerprint density at radius 2 is 2.07 bits per heavy atom. The van der Waals surface area contributed by atoms with Crippen molar-refractivity contribution in [3.05, 3.63) is 23.8 Å². The first-order chi connectivity index (χ1) is 13.8. The molecule has 29 heavy (non-hydrogen) atoms. The van der Waals surface area contributed by atoms with E-state index in [0.717, 1.165) is 25.7 Å². The van der Waals surface area contributed by atoms with Crippen LogP contribution >= 0.6 is 0 Å². The minimum Gasteiger partial charge on any atom is -0.462 e. The molecule has 0 radical (unpaired) electrons. The number of rotatable bonds is 6. The van der Waals surface area contributed by atoms with Crippen LogP contribution in [0.4, 0.5) is 0 Å². The number of fused-ring (bicyclic) bond motifs is 1. The summed E-state index contributed by atoms with van der Waals surface area (Å²) in [6.45, 7) is 8.33. The molecule has 1 N–H and O–H groups in total. The number of hydrogen-bond donors (Lipinski definition) is 1. The highest BCUT2D eigenvalue weighted by atomic mass is 16.5. The zero-order valence-corrected chi connectivity index (χ0v) is 18.2. The molecule has 1 heterocycles. The van der Waals surface area contributed by atoms with Crippen LogP contribution in [0.25, 0.3) is 0 Å². The number of hydrogen-bond acceptors (Lipinski definition) is 5. The minimum absolute atomic E-state index is 0.0854. The van der Waals surface area contributed by atoms with E-state index >= 15 is 0 Å². The van der Waals surface area contributed by atoms with Crippen LogP contribution in [0.3, 0.4) is 0 Å². The Morgan fingerprint density at radius 1 is 1.31 bits per heavy atom. The van der Waals surface area contributed by atoms with Crippen molar-refractivity contribution in [3.63, 3.8) is 0 Å². The van der Waals surface area contributed by atoms with Crippen molar-refractivity contribution in [1.82, 2.24) is 0 Å². The van der Waals surface area contributed by atoms with E-state index in [2.05, 4.69) is 32.1 Å². The SMILES string of the molecule is CC[C@H](C)C(=O)O[C@H]1CC(C)C=C2C=C[C@H](C)C(CC[C@@H]3C[C@@H](O)CC(=O)O3)[C@H]21. The molecule has 0 bridgehead atoms. The second-order valence-electron chi connectivity index (χ2n) is 9.36. The van der Waals surface area contributed by atoms with Gasteiger partial charge in [-0.2, -0.15) is 0 Å². The van der Waals surface area contributed by atoms with Crippen molar-refractivity contribution in [2.75, 3.05) is 0 Å². The van der Waals surface area contributed by atoms with Gasteiger partial charge in [0.15, 0.2) is 0 Å².